The molecule has 0 aliphatic heterocycles. The minimum Gasteiger partial charge on any atom is -0.385 e. The smallest absolute Gasteiger partial charge is 0.233 e. The Balaban J connectivity index is 2.37. The number of anilines is 1. The molecule has 0 aliphatic rings. The number of rotatable bonds is 8. The standard InChI is InChI=1S/C15H22N2O3/c1-3-12-7-4-5-8-13(12)17-15(19)11-14(18)16-9-6-10-20-2/h4-5,7-8H,3,6,9-11H2,1-2H3,(H,16,18)(H,17,19). The molecule has 20 heavy (non-hydrogen) atoms. The Morgan fingerprint density at radius 3 is 2.65 bits per heavy atom. The number of aryl methyl sites for hydroxylation is 1. The lowest BCUT2D eigenvalue weighted by Gasteiger charge is -2.09. The third kappa shape index (κ3) is 5.84. The summed E-state index contributed by atoms with van der Waals surface area (Å²) in [4.78, 5) is 23.3. The summed E-state index contributed by atoms with van der Waals surface area (Å²) in [6, 6.07) is 7.59. The fourth-order valence-corrected chi connectivity index (χ4v) is 1.80. The second kappa shape index (κ2) is 9.09. The number of methoxy groups -OCH3 is 1. The molecule has 0 fully saturated rings. The van der Waals surface area contributed by atoms with Crippen LogP contribution in [0.15, 0.2) is 24.3 Å². The third-order valence-electron chi connectivity index (χ3n) is 2.84. The fraction of sp³-hybridized carbons (Fsp3) is 0.467. The van der Waals surface area contributed by atoms with Gasteiger partial charge < -0.3 is 15.4 Å². The minimum atomic E-state index is -0.296. The molecule has 2 amide bonds. The van der Waals surface area contributed by atoms with Crippen LogP contribution in [0.2, 0.25) is 0 Å². The number of amides is 2. The van der Waals surface area contributed by atoms with Crippen LogP contribution in [-0.4, -0.2) is 32.1 Å². The van der Waals surface area contributed by atoms with Gasteiger partial charge in [0.2, 0.25) is 11.8 Å². The highest BCUT2D eigenvalue weighted by Crippen LogP contribution is 2.15. The van der Waals surface area contributed by atoms with Gasteiger partial charge in [0, 0.05) is 25.9 Å². The summed E-state index contributed by atoms with van der Waals surface area (Å²) in [7, 11) is 1.61. The number of ether oxygens (including phenoxy) is 1. The fourth-order valence-electron chi connectivity index (χ4n) is 1.80. The molecule has 0 atom stereocenters. The summed E-state index contributed by atoms with van der Waals surface area (Å²) < 4.78 is 4.88. The number of carbonyl (C=O) groups excluding carboxylic acids is 2. The van der Waals surface area contributed by atoms with E-state index in [-0.39, 0.29) is 18.2 Å². The number of hydrogen-bond acceptors (Lipinski definition) is 3. The van der Waals surface area contributed by atoms with E-state index in [1.807, 2.05) is 31.2 Å². The van der Waals surface area contributed by atoms with E-state index < -0.39 is 0 Å². The maximum Gasteiger partial charge on any atom is 0.233 e. The van der Waals surface area contributed by atoms with Crippen LogP contribution in [-0.2, 0) is 20.7 Å². The normalized spacial score (nSPS) is 10.1. The molecular weight excluding hydrogens is 256 g/mol. The highest BCUT2D eigenvalue weighted by molar-refractivity contribution is 6.03. The Bertz CT molecular complexity index is 446. The van der Waals surface area contributed by atoms with Crippen LogP contribution in [0.1, 0.15) is 25.3 Å². The molecule has 0 spiro atoms. The van der Waals surface area contributed by atoms with Crippen molar-refractivity contribution in [2.75, 3.05) is 25.6 Å². The van der Waals surface area contributed by atoms with Crippen molar-refractivity contribution in [3.05, 3.63) is 29.8 Å². The predicted molar refractivity (Wildman–Crippen MR) is 78.6 cm³/mol. The lowest BCUT2D eigenvalue weighted by Crippen LogP contribution is -2.29. The van der Waals surface area contributed by atoms with Gasteiger partial charge in [-0.15, -0.1) is 0 Å². The van der Waals surface area contributed by atoms with Gasteiger partial charge in [-0.1, -0.05) is 25.1 Å². The summed E-state index contributed by atoms with van der Waals surface area (Å²) in [6.07, 6.45) is 1.41. The third-order valence-corrected chi connectivity index (χ3v) is 2.84. The van der Waals surface area contributed by atoms with Gasteiger partial charge >= 0.3 is 0 Å². The molecule has 0 radical (unpaired) electrons. The van der Waals surface area contributed by atoms with Crippen molar-refractivity contribution in [1.82, 2.24) is 5.32 Å². The highest BCUT2D eigenvalue weighted by atomic mass is 16.5. The Morgan fingerprint density at radius 2 is 1.95 bits per heavy atom. The first-order chi connectivity index (χ1) is 9.67. The van der Waals surface area contributed by atoms with Gasteiger partial charge in [0.15, 0.2) is 0 Å². The zero-order chi connectivity index (χ0) is 14.8. The van der Waals surface area contributed by atoms with Crippen molar-refractivity contribution < 1.29 is 14.3 Å². The van der Waals surface area contributed by atoms with Crippen molar-refractivity contribution in [3.8, 4) is 0 Å². The molecule has 1 rings (SSSR count). The molecule has 0 aliphatic carbocycles. The zero-order valence-corrected chi connectivity index (χ0v) is 12.1. The monoisotopic (exact) mass is 278 g/mol. The van der Waals surface area contributed by atoms with Crippen LogP contribution in [0.3, 0.4) is 0 Å². The average molecular weight is 278 g/mol. The molecule has 0 bridgehead atoms. The van der Waals surface area contributed by atoms with Gasteiger partial charge in [0.25, 0.3) is 0 Å². The number of benzene rings is 1. The topological polar surface area (TPSA) is 67.4 Å². The Kier molecular flexibility index (Phi) is 7.35. The van der Waals surface area contributed by atoms with Gasteiger partial charge in [-0.25, -0.2) is 0 Å². The van der Waals surface area contributed by atoms with Crippen molar-refractivity contribution >= 4 is 17.5 Å². The van der Waals surface area contributed by atoms with Gasteiger partial charge in [0.05, 0.1) is 0 Å². The summed E-state index contributed by atoms with van der Waals surface area (Å²) in [6.45, 7) is 3.13. The van der Waals surface area contributed by atoms with E-state index >= 15 is 0 Å². The van der Waals surface area contributed by atoms with Gasteiger partial charge in [0.1, 0.15) is 6.42 Å². The summed E-state index contributed by atoms with van der Waals surface area (Å²) in [5, 5.41) is 5.45. The van der Waals surface area contributed by atoms with Crippen LogP contribution in [0.5, 0.6) is 0 Å². The van der Waals surface area contributed by atoms with E-state index in [2.05, 4.69) is 10.6 Å². The molecular formula is C15H22N2O3. The number of carbonyl (C=O) groups is 2. The number of hydrogen-bond donors (Lipinski definition) is 2. The number of nitrogens with one attached hydrogen (secondary N) is 2. The largest absolute Gasteiger partial charge is 0.385 e. The molecule has 1 aromatic rings. The average Bonchev–Trinajstić information content (AvgIpc) is 2.44. The molecule has 0 aromatic heterocycles. The summed E-state index contributed by atoms with van der Waals surface area (Å²) >= 11 is 0. The van der Waals surface area contributed by atoms with E-state index in [0.717, 1.165) is 24.1 Å². The maximum atomic E-state index is 11.8. The maximum absolute atomic E-state index is 11.8. The predicted octanol–water partition coefficient (Wildman–Crippen LogP) is 1.73. The molecule has 110 valence electrons. The van der Waals surface area contributed by atoms with Crippen molar-refractivity contribution in [1.29, 1.82) is 0 Å². The Hall–Kier alpha value is -1.88. The van der Waals surface area contributed by atoms with Crippen molar-refractivity contribution in [2.24, 2.45) is 0 Å². The highest BCUT2D eigenvalue weighted by Gasteiger charge is 2.10. The van der Waals surface area contributed by atoms with Crippen LogP contribution in [0.4, 0.5) is 5.69 Å². The quantitative estimate of drug-likeness (QED) is 0.562. The van der Waals surface area contributed by atoms with Crippen molar-refractivity contribution in [3.63, 3.8) is 0 Å². The minimum absolute atomic E-state index is 0.162. The van der Waals surface area contributed by atoms with Crippen LogP contribution < -0.4 is 10.6 Å². The van der Waals surface area contributed by atoms with Gasteiger partial charge in [-0.05, 0) is 24.5 Å². The second-order valence-corrected chi connectivity index (χ2v) is 4.43. The van der Waals surface area contributed by atoms with Crippen LogP contribution >= 0.6 is 0 Å². The Labute approximate surface area is 119 Å². The van der Waals surface area contributed by atoms with Crippen molar-refractivity contribution in [2.45, 2.75) is 26.2 Å². The molecule has 5 heteroatoms. The lowest BCUT2D eigenvalue weighted by atomic mass is 10.1. The van der Waals surface area contributed by atoms with E-state index in [1.165, 1.54) is 0 Å². The molecule has 0 saturated heterocycles. The van der Waals surface area contributed by atoms with E-state index in [9.17, 15) is 9.59 Å². The summed E-state index contributed by atoms with van der Waals surface area (Å²) in [5.41, 5.74) is 1.83. The Morgan fingerprint density at radius 1 is 1.20 bits per heavy atom. The SMILES string of the molecule is CCc1ccccc1NC(=O)CC(=O)NCCCOC. The first-order valence-corrected chi connectivity index (χ1v) is 6.80. The molecule has 0 unspecified atom stereocenters. The van der Waals surface area contributed by atoms with E-state index in [1.54, 1.807) is 7.11 Å². The van der Waals surface area contributed by atoms with E-state index in [0.29, 0.717) is 13.2 Å². The summed E-state index contributed by atoms with van der Waals surface area (Å²) in [5.74, 6) is -0.567. The van der Waals surface area contributed by atoms with Gasteiger partial charge in [-0.3, -0.25) is 9.59 Å². The zero-order valence-electron chi connectivity index (χ0n) is 12.1. The molecule has 5 nitrogen and oxygen atoms in total. The first kappa shape index (κ1) is 16.2. The molecule has 2 N–H and O–H groups in total. The second-order valence-electron chi connectivity index (χ2n) is 4.43. The molecule has 0 saturated carbocycles. The van der Waals surface area contributed by atoms with Gasteiger partial charge in [-0.2, -0.15) is 0 Å². The number of para-hydroxylation sites is 1. The van der Waals surface area contributed by atoms with Crippen LogP contribution in [0.25, 0.3) is 0 Å². The molecule has 0 heterocycles. The van der Waals surface area contributed by atoms with E-state index in [4.69, 9.17) is 4.74 Å². The lowest BCUT2D eigenvalue weighted by molar-refractivity contribution is -0.126. The van der Waals surface area contributed by atoms with Crippen LogP contribution in [0, 0.1) is 0 Å². The molecule has 1 aromatic carbocycles. The first-order valence-electron chi connectivity index (χ1n) is 6.80.